The van der Waals surface area contributed by atoms with E-state index in [9.17, 15) is 0 Å². The van der Waals surface area contributed by atoms with Crippen LogP contribution in [-0.2, 0) is 13.1 Å². The summed E-state index contributed by atoms with van der Waals surface area (Å²) < 4.78 is 2.29. The smallest absolute Gasteiger partial charge is 0.122 e. The summed E-state index contributed by atoms with van der Waals surface area (Å²) in [6, 6.07) is 11.3. The molecule has 2 aromatic rings. The Morgan fingerprint density at radius 2 is 2.00 bits per heavy atom. The Hall–Kier alpha value is -1.81. The molecular formula is C18H26N4. The third-order valence-corrected chi connectivity index (χ3v) is 4.50. The summed E-state index contributed by atoms with van der Waals surface area (Å²) in [7, 11) is 0. The van der Waals surface area contributed by atoms with Crippen molar-refractivity contribution in [3.63, 3.8) is 0 Å². The molecule has 1 saturated heterocycles. The number of hydrogen-bond donors (Lipinski definition) is 0. The Balaban J connectivity index is 1.62. The van der Waals surface area contributed by atoms with Crippen LogP contribution in [0.3, 0.4) is 0 Å². The van der Waals surface area contributed by atoms with Gasteiger partial charge in [0.2, 0.25) is 0 Å². The van der Waals surface area contributed by atoms with Crippen LogP contribution in [0.2, 0.25) is 0 Å². The highest BCUT2D eigenvalue weighted by atomic mass is 15.3. The average molecular weight is 298 g/mol. The highest BCUT2D eigenvalue weighted by molar-refractivity contribution is 5.46. The molecule has 0 spiro atoms. The molecular weight excluding hydrogens is 272 g/mol. The van der Waals surface area contributed by atoms with Gasteiger partial charge in [-0.1, -0.05) is 25.1 Å². The summed E-state index contributed by atoms with van der Waals surface area (Å²) in [6.07, 6.45) is 5.18. The van der Waals surface area contributed by atoms with Gasteiger partial charge in [0.25, 0.3) is 0 Å². The average Bonchev–Trinajstić information content (AvgIpc) is 2.98. The largest absolute Gasteiger partial charge is 0.369 e. The molecule has 118 valence electrons. The Kier molecular flexibility index (Phi) is 4.78. The molecule has 3 rings (SSSR count). The summed E-state index contributed by atoms with van der Waals surface area (Å²) in [5.74, 6) is 1.20. The van der Waals surface area contributed by atoms with Crippen LogP contribution >= 0.6 is 0 Å². The maximum Gasteiger partial charge on any atom is 0.122 e. The number of piperazine rings is 1. The lowest BCUT2D eigenvalue weighted by atomic mass is 10.1. The molecule has 1 aromatic heterocycles. The number of anilines is 1. The van der Waals surface area contributed by atoms with E-state index in [1.165, 1.54) is 11.5 Å². The van der Waals surface area contributed by atoms with Crippen LogP contribution in [0.5, 0.6) is 0 Å². The molecule has 0 bridgehead atoms. The monoisotopic (exact) mass is 298 g/mol. The van der Waals surface area contributed by atoms with Gasteiger partial charge >= 0.3 is 0 Å². The molecule has 0 unspecified atom stereocenters. The highest BCUT2D eigenvalue weighted by Crippen LogP contribution is 2.20. The molecule has 0 aliphatic carbocycles. The normalized spacial score (nSPS) is 19.5. The lowest BCUT2D eigenvalue weighted by molar-refractivity contribution is 0.174. The number of para-hydroxylation sites is 1. The third kappa shape index (κ3) is 3.33. The quantitative estimate of drug-likeness (QED) is 0.848. The van der Waals surface area contributed by atoms with Gasteiger partial charge in [-0.3, -0.25) is 4.90 Å². The molecule has 4 nitrogen and oxygen atoms in total. The van der Waals surface area contributed by atoms with E-state index >= 15 is 0 Å². The predicted molar refractivity (Wildman–Crippen MR) is 91.0 cm³/mol. The van der Waals surface area contributed by atoms with E-state index in [4.69, 9.17) is 0 Å². The second kappa shape index (κ2) is 6.97. The maximum absolute atomic E-state index is 4.55. The first kappa shape index (κ1) is 15.1. The van der Waals surface area contributed by atoms with E-state index in [-0.39, 0.29) is 0 Å². The van der Waals surface area contributed by atoms with Crippen molar-refractivity contribution < 1.29 is 0 Å². The standard InChI is InChI=1S/C18H26N4/c1-3-10-20-11-9-19-18(20)15-21-12-13-22(14-16(21)2)17-7-5-4-6-8-17/h4-9,11,16H,3,10,12-15H2,1-2H3/t16-/m1/s1. The number of aromatic nitrogens is 2. The Morgan fingerprint density at radius 3 is 2.73 bits per heavy atom. The van der Waals surface area contributed by atoms with Crippen molar-refractivity contribution in [2.24, 2.45) is 0 Å². The van der Waals surface area contributed by atoms with Gasteiger partial charge in [-0.25, -0.2) is 4.98 Å². The Bertz CT molecular complexity index is 578. The topological polar surface area (TPSA) is 24.3 Å². The van der Waals surface area contributed by atoms with Crippen LogP contribution in [0.4, 0.5) is 5.69 Å². The molecule has 0 N–H and O–H groups in total. The Labute approximate surface area is 133 Å². The number of aryl methyl sites for hydroxylation is 1. The zero-order valence-corrected chi connectivity index (χ0v) is 13.7. The van der Waals surface area contributed by atoms with E-state index in [2.05, 4.69) is 69.7 Å². The molecule has 4 heteroatoms. The fourth-order valence-electron chi connectivity index (χ4n) is 3.22. The predicted octanol–water partition coefficient (Wildman–Crippen LogP) is 3.00. The van der Waals surface area contributed by atoms with Crippen molar-refractivity contribution in [2.75, 3.05) is 24.5 Å². The number of nitrogens with zero attached hydrogens (tertiary/aromatic N) is 4. The molecule has 1 atom stereocenters. The molecule has 0 amide bonds. The van der Waals surface area contributed by atoms with Crippen LogP contribution in [0.15, 0.2) is 42.7 Å². The minimum Gasteiger partial charge on any atom is -0.369 e. The molecule has 2 heterocycles. The van der Waals surface area contributed by atoms with Gasteiger partial charge < -0.3 is 9.47 Å². The van der Waals surface area contributed by atoms with E-state index in [1.807, 2.05) is 6.20 Å². The van der Waals surface area contributed by atoms with E-state index in [0.29, 0.717) is 6.04 Å². The minimum atomic E-state index is 0.542. The van der Waals surface area contributed by atoms with Gasteiger partial charge in [-0.05, 0) is 25.5 Å². The first-order valence-electron chi connectivity index (χ1n) is 8.32. The highest BCUT2D eigenvalue weighted by Gasteiger charge is 2.24. The van der Waals surface area contributed by atoms with Gasteiger partial charge in [0.15, 0.2) is 0 Å². The van der Waals surface area contributed by atoms with Crippen LogP contribution in [0.1, 0.15) is 26.1 Å². The molecule has 1 aliphatic rings. The van der Waals surface area contributed by atoms with Gasteiger partial charge in [0, 0.05) is 50.3 Å². The van der Waals surface area contributed by atoms with Gasteiger partial charge in [0.05, 0.1) is 6.54 Å². The van der Waals surface area contributed by atoms with Crippen molar-refractivity contribution in [2.45, 2.75) is 39.4 Å². The fourth-order valence-corrected chi connectivity index (χ4v) is 3.22. The van der Waals surface area contributed by atoms with Crippen molar-refractivity contribution in [3.8, 4) is 0 Å². The Morgan fingerprint density at radius 1 is 1.18 bits per heavy atom. The first-order valence-corrected chi connectivity index (χ1v) is 8.32. The zero-order valence-electron chi connectivity index (χ0n) is 13.7. The van der Waals surface area contributed by atoms with Crippen LogP contribution in [0.25, 0.3) is 0 Å². The maximum atomic E-state index is 4.55. The van der Waals surface area contributed by atoms with Crippen molar-refractivity contribution in [1.82, 2.24) is 14.5 Å². The fraction of sp³-hybridized carbons (Fsp3) is 0.500. The van der Waals surface area contributed by atoms with Gasteiger partial charge in [-0.2, -0.15) is 0 Å². The minimum absolute atomic E-state index is 0.542. The summed E-state index contributed by atoms with van der Waals surface area (Å²) in [6.45, 7) is 9.81. The molecule has 1 aliphatic heterocycles. The number of imidazole rings is 1. The van der Waals surface area contributed by atoms with E-state index in [0.717, 1.165) is 39.1 Å². The first-order chi connectivity index (χ1) is 10.8. The molecule has 0 saturated carbocycles. The second-order valence-electron chi connectivity index (χ2n) is 6.14. The molecule has 1 aromatic carbocycles. The second-order valence-corrected chi connectivity index (χ2v) is 6.14. The number of rotatable bonds is 5. The lowest BCUT2D eigenvalue weighted by Crippen LogP contribution is -2.51. The van der Waals surface area contributed by atoms with Crippen LogP contribution in [0, 0.1) is 0 Å². The summed E-state index contributed by atoms with van der Waals surface area (Å²) in [5, 5.41) is 0. The van der Waals surface area contributed by atoms with Gasteiger partial charge in [-0.15, -0.1) is 0 Å². The molecule has 22 heavy (non-hydrogen) atoms. The lowest BCUT2D eigenvalue weighted by Gasteiger charge is -2.40. The van der Waals surface area contributed by atoms with Crippen molar-refractivity contribution in [1.29, 1.82) is 0 Å². The van der Waals surface area contributed by atoms with E-state index in [1.54, 1.807) is 0 Å². The summed E-state index contributed by atoms with van der Waals surface area (Å²) in [4.78, 5) is 9.58. The zero-order chi connectivity index (χ0) is 15.4. The van der Waals surface area contributed by atoms with Crippen molar-refractivity contribution >= 4 is 5.69 Å². The third-order valence-electron chi connectivity index (χ3n) is 4.50. The number of hydrogen-bond acceptors (Lipinski definition) is 3. The summed E-state index contributed by atoms with van der Waals surface area (Å²) in [5.41, 5.74) is 1.33. The summed E-state index contributed by atoms with van der Waals surface area (Å²) >= 11 is 0. The van der Waals surface area contributed by atoms with Crippen LogP contribution < -0.4 is 4.90 Å². The molecule has 1 fully saturated rings. The molecule has 0 radical (unpaired) electrons. The van der Waals surface area contributed by atoms with Crippen molar-refractivity contribution in [3.05, 3.63) is 48.5 Å². The van der Waals surface area contributed by atoms with Crippen LogP contribution in [-0.4, -0.2) is 40.1 Å². The van der Waals surface area contributed by atoms with Gasteiger partial charge in [0.1, 0.15) is 5.82 Å². The SMILES string of the molecule is CCCn1ccnc1CN1CCN(c2ccccc2)C[C@H]1C. The van der Waals surface area contributed by atoms with E-state index < -0.39 is 0 Å². The number of benzene rings is 1.